The first-order valence-electron chi connectivity index (χ1n) is 11.1. The number of ether oxygens (including phenoxy) is 1. The van der Waals surface area contributed by atoms with Crippen LogP contribution in [0.3, 0.4) is 0 Å². The van der Waals surface area contributed by atoms with Gasteiger partial charge in [0, 0.05) is 54.1 Å². The lowest BCUT2D eigenvalue weighted by Gasteiger charge is -2.38. The van der Waals surface area contributed by atoms with Crippen molar-refractivity contribution in [3.05, 3.63) is 87.5 Å². The van der Waals surface area contributed by atoms with Crippen LogP contribution >= 0.6 is 0 Å². The van der Waals surface area contributed by atoms with Crippen molar-refractivity contribution in [3.63, 3.8) is 0 Å². The zero-order valence-electron chi connectivity index (χ0n) is 19.1. The second-order valence-corrected chi connectivity index (χ2v) is 8.74. The largest absolute Gasteiger partial charge is 0.367 e. The number of pyridine rings is 3. The van der Waals surface area contributed by atoms with Crippen LogP contribution in [-0.2, 0) is 4.74 Å². The van der Waals surface area contributed by atoms with E-state index >= 15 is 0 Å². The predicted molar refractivity (Wildman–Crippen MR) is 127 cm³/mol. The molecular weight excluding hydrogens is 438 g/mol. The summed E-state index contributed by atoms with van der Waals surface area (Å²) in [5.41, 5.74) is 3.83. The summed E-state index contributed by atoms with van der Waals surface area (Å²) in [7, 11) is 0. The van der Waals surface area contributed by atoms with Crippen molar-refractivity contribution >= 4 is 16.7 Å². The Morgan fingerprint density at radius 2 is 1.88 bits per heavy atom. The van der Waals surface area contributed by atoms with Crippen molar-refractivity contribution in [2.75, 3.05) is 18.0 Å². The highest BCUT2D eigenvalue weighted by Gasteiger charge is 2.28. The molecule has 1 aromatic carbocycles. The van der Waals surface area contributed by atoms with E-state index < -0.39 is 11.6 Å². The van der Waals surface area contributed by atoms with Crippen molar-refractivity contribution < 1.29 is 13.5 Å². The summed E-state index contributed by atoms with van der Waals surface area (Å²) in [6.07, 6.45) is 1.27. The molecule has 0 spiro atoms. The second-order valence-electron chi connectivity index (χ2n) is 8.74. The lowest BCUT2D eigenvalue weighted by molar-refractivity contribution is -0.0177. The Kier molecular flexibility index (Phi) is 5.61. The van der Waals surface area contributed by atoms with Crippen LogP contribution in [-0.4, -0.2) is 34.1 Å². The highest BCUT2D eigenvalue weighted by Crippen LogP contribution is 2.34. The number of H-pyrrole nitrogens is 1. The first-order valence-corrected chi connectivity index (χ1v) is 11.1. The van der Waals surface area contributed by atoms with Gasteiger partial charge in [0.15, 0.2) is 0 Å². The van der Waals surface area contributed by atoms with E-state index in [9.17, 15) is 13.6 Å². The molecule has 0 radical (unpaired) electrons. The molecule has 34 heavy (non-hydrogen) atoms. The van der Waals surface area contributed by atoms with Gasteiger partial charge in [0.05, 0.1) is 17.3 Å². The van der Waals surface area contributed by atoms with Gasteiger partial charge in [0.25, 0.3) is 0 Å². The minimum absolute atomic E-state index is 0.109. The molecule has 2 atom stereocenters. The monoisotopic (exact) mass is 462 g/mol. The zero-order valence-corrected chi connectivity index (χ0v) is 19.1. The van der Waals surface area contributed by atoms with Crippen molar-refractivity contribution in [2.45, 2.75) is 33.0 Å². The van der Waals surface area contributed by atoms with E-state index in [1.165, 1.54) is 18.2 Å². The summed E-state index contributed by atoms with van der Waals surface area (Å²) in [4.78, 5) is 25.8. The standard InChI is InChI=1S/C26H24F2N4O2/c1-14-8-20-22(30-16(14)3)10-24(31-26(20)19-6-5-18(27)9-21(19)28)32-12-15(2)34-23(13-32)17-4-7-25(33)29-11-17/h4-11,15,23H,12-13H2,1-3H3,(H,29,33)/t15-,23-/m1/s1. The molecule has 4 heterocycles. The summed E-state index contributed by atoms with van der Waals surface area (Å²) in [6, 6.07) is 10.6. The molecule has 8 heteroatoms. The fourth-order valence-electron chi connectivity index (χ4n) is 4.35. The maximum absolute atomic E-state index is 14.8. The molecule has 3 aromatic heterocycles. The number of halogens is 2. The molecule has 0 saturated carbocycles. The third-order valence-corrected chi connectivity index (χ3v) is 6.19. The molecule has 1 saturated heterocycles. The quantitative estimate of drug-likeness (QED) is 0.472. The molecule has 5 rings (SSSR count). The molecule has 1 N–H and O–H groups in total. The third-order valence-electron chi connectivity index (χ3n) is 6.19. The smallest absolute Gasteiger partial charge is 0.247 e. The number of fused-ring (bicyclic) bond motifs is 1. The Labute approximate surface area is 195 Å². The molecule has 0 bridgehead atoms. The van der Waals surface area contributed by atoms with Gasteiger partial charge in [-0.15, -0.1) is 0 Å². The number of hydrogen-bond acceptors (Lipinski definition) is 5. The summed E-state index contributed by atoms with van der Waals surface area (Å²) < 4.78 is 34.6. The summed E-state index contributed by atoms with van der Waals surface area (Å²) in [5.74, 6) is -0.685. The van der Waals surface area contributed by atoms with E-state index in [4.69, 9.17) is 14.7 Å². The Morgan fingerprint density at radius 1 is 1.06 bits per heavy atom. The number of aromatic nitrogens is 3. The van der Waals surface area contributed by atoms with Crippen LogP contribution in [0.4, 0.5) is 14.6 Å². The van der Waals surface area contributed by atoms with E-state index in [1.54, 1.807) is 12.3 Å². The van der Waals surface area contributed by atoms with Crippen molar-refractivity contribution in [2.24, 2.45) is 0 Å². The Hall–Kier alpha value is -3.65. The SMILES string of the molecule is Cc1cc2c(-c3ccc(F)cc3F)nc(N3C[C@@H](C)O[C@@H](c4ccc(=O)[nH]c4)C3)cc2nc1C. The highest BCUT2D eigenvalue weighted by atomic mass is 19.1. The van der Waals surface area contributed by atoms with E-state index in [-0.39, 0.29) is 23.3 Å². The maximum Gasteiger partial charge on any atom is 0.247 e. The fourth-order valence-corrected chi connectivity index (χ4v) is 4.35. The van der Waals surface area contributed by atoms with E-state index in [1.807, 2.05) is 32.9 Å². The number of anilines is 1. The summed E-state index contributed by atoms with van der Waals surface area (Å²) in [5, 5.41) is 0.704. The number of aromatic amines is 1. The van der Waals surface area contributed by atoms with E-state index in [0.717, 1.165) is 22.9 Å². The summed E-state index contributed by atoms with van der Waals surface area (Å²) >= 11 is 0. The molecule has 0 unspecified atom stereocenters. The molecule has 6 nitrogen and oxygen atoms in total. The molecule has 1 aliphatic rings. The lowest BCUT2D eigenvalue weighted by atomic mass is 10.0. The van der Waals surface area contributed by atoms with Crippen LogP contribution in [0.25, 0.3) is 22.2 Å². The Morgan fingerprint density at radius 3 is 2.62 bits per heavy atom. The van der Waals surface area contributed by atoms with Gasteiger partial charge in [-0.1, -0.05) is 0 Å². The molecule has 4 aromatic rings. The minimum atomic E-state index is -0.675. The number of benzene rings is 1. The van der Waals surface area contributed by atoms with Gasteiger partial charge < -0.3 is 14.6 Å². The number of nitrogens with one attached hydrogen (secondary N) is 1. The molecule has 0 aliphatic carbocycles. The van der Waals surface area contributed by atoms with Gasteiger partial charge in [-0.05, 0) is 56.2 Å². The van der Waals surface area contributed by atoms with Crippen molar-refractivity contribution in [1.29, 1.82) is 0 Å². The van der Waals surface area contributed by atoms with Crippen LogP contribution in [0.2, 0.25) is 0 Å². The van der Waals surface area contributed by atoms with Gasteiger partial charge in [-0.25, -0.2) is 13.8 Å². The number of morpholine rings is 1. The second kappa shape index (κ2) is 8.61. The number of aryl methyl sites for hydroxylation is 2. The molecular formula is C26H24F2N4O2. The topological polar surface area (TPSA) is 71.1 Å². The first kappa shape index (κ1) is 22.2. The average molecular weight is 463 g/mol. The van der Waals surface area contributed by atoms with Crippen LogP contribution in [0.5, 0.6) is 0 Å². The number of rotatable bonds is 3. The van der Waals surface area contributed by atoms with Crippen LogP contribution in [0, 0.1) is 25.5 Å². The predicted octanol–water partition coefficient (Wildman–Crippen LogP) is 4.85. The van der Waals surface area contributed by atoms with Gasteiger partial charge in [0.1, 0.15) is 23.6 Å². The third kappa shape index (κ3) is 4.17. The maximum atomic E-state index is 14.8. The Balaban J connectivity index is 1.63. The summed E-state index contributed by atoms with van der Waals surface area (Å²) in [6.45, 7) is 6.91. The highest BCUT2D eigenvalue weighted by molar-refractivity contribution is 5.95. The first-order chi connectivity index (χ1) is 16.3. The zero-order chi connectivity index (χ0) is 24.0. The van der Waals surface area contributed by atoms with E-state index in [2.05, 4.69) is 9.88 Å². The lowest BCUT2D eigenvalue weighted by Crippen LogP contribution is -2.43. The van der Waals surface area contributed by atoms with Gasteiger partial charge in [-0.3, -0.25) is 9.78 Å². The normalized spacial score (nSPS) is 18.4. The number of hydrogen-bond donors (Lipinski definition) is 1. The molecule has 1 aliphatic heterocycles. The molecule has 0 amide bonds. The molecule has 1 fully saturated rings. The van der Waals surface area contributed by atoms with E-state index in [0.29, 0.717) is 35.5 Å². The van der Waals surface area contributed by atoms with Crippen LogP contribution < -0.4 is 10.5 Å². The number of nitrogens with zero attached hydrogens (tertiary/aromatic N) is 3. The average Bonchev–Trinajstić information content (AvgIpc) is 2.79. The van der Waals surface area contributed by atoms with Crippen LogP contribution in [0.1, 0.15) is 29.8 Å². The minimum Gasteiger partial charge on any atom is -0.367 e. The van der Waals surface area contributed by atoms with Gasteiger partial charge >= 0.3 is 0 Å². The Bertz CT molecular complexity index is 1430. The fraction of sp³-hybridized carbons (Fsp3) is 0.269. The van der Waals surface area contributed by atoms with Gasteiger partial charge in [-0.2, -0.15) is 0 Å². The van der Waals surface area contributed by atoms with Crippen molar-refractivity contribution in [1.82, 2.24) is 15.0 Å². The van der Waals surface area contributed by atoms with Crippen LogP contribution in [0.15, 0.2) is 53.5 Å². The van der Waals surface area contributed by atoms with Crippen molar-refractivity contribution in [3.8, 4) is 11.3 Å². The van der Waals surface area contributed by atoms with Gasteiger partial charge in [0.2, 0.25) is 5.56 Å². The molecule has 174 valence electrons.